The van der Waals surface area contributed by atoms with Gasteiger partial charge in [0.2, 0.25) is 5.88 Å². The smallest absolute Gasteiger partial charge is 0.331 e. The van der Waals surface area contributed by atoms with E-state index in [-0.39, 0.29) is 11.9 Å². The molecule has 2 unspecified atom stereocenters. The van der Waals surface area contributed by atoms with Crippen LogP contribution in [-0.4, -0.2) is 14.7 Å². The first kappa shape index (κ1) is 12.0. The van der Waals surface area contributed by atoms with E-state index >= 15 is 0 Å². The van der Waals surface area contributed by atoms with E-state index in [9.17, 15) is 14.7 Å². The molecule has 0 spiro atoms. The van der Waals surface area contributed by atoms with Crippen LogP contribution in [-0.2, 0) is 6.42 Å². The number of hydrogen-bond donors (Lipinski definition) is 2. The van der Waals surface area contributed by atoms with E-state index in [2.05, 4.69) is 11.9 Å². The maximum absolute atomic E-state index is 11.8. The van der Waals surface area contributed by atoms with Crippen molar-refractivity contribution in [2.75, 3.05) is 0 Å². The summed E-state index contributed by atoms with van der Waals surface area (Å²) in [4.78, 5) is 25.5. The lowest BCUT2D eigenvalue weighted by Crippen LogP contribution is -2.33. The topological polar surface area (TPSA) is 75.1 Å². The minimum Gasteiger partial charge on any atom is -0.494 e. The average molecular weight is 238 g/mol. The number of nitrogens with zero attached hydrogens (tertiary/aromatic N) is 1. The number of aromatic amines is 1. The van der Waals surface area contributed by atoms with Crippen molar-refractivity contribution in [2.24, 2.45) is 5.92 Å². The molecular weight excluding hydrogens is 220 g/mol. The van der Waals surface area contributed by atoms with E-state index in [1.807, 2.05) is 0 Å². The first-order valence-electron chi connectivity index (χ1n) is 6.11. The van der Waals surface area contributed by atoms with Crippen LogP contribution in [0, 0.1) is 5.92 Å². The third kappa shape index (κ3) is 2.01. The van der Waals surface area contributed by atoms with Crippen LogP contribution in [0.3, 0.4) is 0 Å². The number of rotatable bonds is 2. The quantitative estimate of drug-likeness (QED) is 0.812. The Morgan fingerprint density at radius 2 is 2.12 bits per heavy atom. The van der Waals surface area contributed by atoms with Crippen LogP contribution in [0.2, 0.25) is 0 Å². The second-order valence-corrected chi connectivity index (χ2v) is 4.86. The number of H-pyrrole nitrogens is 1. The minimum absolute atomic E-state index is 0.0136. The van der Waals surface area contributed by atoms with Crippen molar-refractivity contribution in [1.29, 1.82) is 0 Å². The van der Waals surface area contributed by atoms with E-state index in [0.717, 1.165) is 19.3 Å². The van der Waals surface area contributed by atoms with Gasteiger partial charge in [0.25, 0.3) is 5.56 Å². The fraction of sp³-hybridized carbons (Fsp3) is 0.667. The molecule has 0 amide bonds. The Kier molecular flexibility index (Phi) is 3.09. The van der Waals surface area contributed by atoms with Gasteiger partial charge in [-0.25, -0.2) is 4.79 Å². The van der Waals surface area contributed by atoms with E-state index in [1.165, 1.54) is 4.57 Å². The molecule has 0 radical (unpaired) electrons. The molecule has 5 heteroatoms. The maximum atomic E-state index is 11.8. The normalized spacial score (nSPS) is 24.1. The summed E-state index contributed by atoms with van der Waals surface area (Å²) in [7, 11) is 0. The fourth-order valence-corrected chi connectivity index (χ4v) is 2.64. The van der Waals surface area contributed by atoms with Crippen molar-refractivity contribution in [3.8, 4) is 5.88 Å². The summed E-state index contributed by atoms with van der Waals surface area (Å²) in [5.74, 6) is 0.406. The lowest BCUT2D eigenvalue weighted by Gasteiger charge is -2.16. The average Bonchev–Trinajstić information content (AvgIpc) is 2.64. The van der Waals surface area contributed by atoms with Crippen LogP contribution < -0.4 is 11.2 Å². The van der Waals surface area contributed by atoms with Gasteiger partial charge in [-0.15, -0.1) is 0 Å². The van der Waals surface area contributed by atoms with Crippen LogP contribution in [0.25, 0.3) is 0 Å². The molecule has 2 N–H and O–H groups in total. The van der Waals surface area contributed by atoms with Crippen molar-refractivity contribution in [1.82, 2.24) is 9.55 Å². The zero-order chi connectivity index (χ0) is 12.6. The van der Waals surface area contributed by atoms with E-state index in [4.69, 9.17) is 0 Å². The van der Waals surface area contributed by atoms with Crippen LogP contribution in [0.1, 0.15) is 44.7 Å². The van der Waals surface area contributed by atoms with Gasteiger partial charge in [-0.3, -0.25) is 14.3 Å². The first-order chi connectivity index (χ1) is 8.04. The maximum Gasteiger partial charge on any atom is 0.331 e. The van der Waals surface area contributed by atoms with Crippen LogP contribution in [0.15, 0.2) is 9.59 Å². The summed E-state index contributed by atoms with van der Waals surface area (Å²) in [6, 6.07) is 0.0136. The van der Waals surface area contributed by atoms with Crippen LogP contribution in [0.5, 0.6) is 5.88 Å². The van der Waals surface area contributed by atoms with Crippen molar-refractivity contribution in [3.05, 3.63) is 26.4 Å². The zero-order valence-electron chi connectivity index (χ0n) is 10.2. The highest BCUT2D eigenvalue weighted by Gasteiger charge is 2.27. The number of aromatic nitrogens is 2. The molecule has 2 atom stereocenters. The first-order valence-corrected chi connectivity index (χ1v) is 6.11. The van der Waals surface area contributed by atoms with Gasteiger partial charge in [0, 0.05) is 6.04 Å². The third-order valence-corrected chi connectivity index (χ3v) is 3.60. The summed E-state index contributed by atoms with van der Waals surface area (Å²) >= 11 is 0. The van der Waals surface area contributed by atoms with Gasteiger partial charge in [-0.05, 0) is 31.6 Å². The highest BCUT2D eigenvalue weighted by atomic mass is 16.3. The molecule has 1 fully saturated rings. The lowest BCUT2D eigenvalue weighted by molar-refractivity contribution is 0.353. The molecule has 1 aromatic rings. The van der Waals surface area contributed by atoms with Gasteiger partial charge >= 0.3 is 5.69 Å². The molecule has 1 aromatic heterocycles. The second kappa shape index (κ2) is 4.39. The zero-order valence-corrected chi connectivity index (χ0v) is 10.2. The predicted molar refractivity (Wildman–Crippen MR) is 64.4 cm³/mol. The summed E-state index contributed by atoms with van der Waals surface area (Å²) in [5, 5.41) is 10.0. The molecule has 1 aliphatic rings. The fourth-order valence-electron chi connectivity index (χ4n) is 2.64. The number of aromatic hydroxyl groups is 1. The summed E-state index contributed by atoms with van der Waals surface area (Å²) in [6.07, 6.45) is 3.23. The molecule has 1 aliphatic carbocycles. The standard InChI is InChI=1S/C12H18N2O3/c1-3-9-10(15)13-12(17)14(11(9)16)8-5-4-7(2)6-8/h7-8,16H,3-6H2,1-2H3,(H,13,15,17). The van der Waals surface area contributed by atoms with Crippen LogP contribution >= 0.6 is 0 Å². The minimum atomic E-state index is -0.496. The molecule has 0 saturated heterocycles. The van der Waals surface area contributed by atoms with Crippen LogP contribution in [0.4, 0.5) is 0 Å². The molecule has 0 aliphatic heterocycles. The second-order valence-electron chi connectivity index (χ2n) is 4.86. The highest BCUT2D eigenvalue weighted by molar-refractivity contribution is 5.23. The molecule has 5 nitrogen and oxygen atoms in total. The number of nitrogens with one attached hydrogen (secondary N) is 1. The molecule has 2 rings (SSSR count). The van der Waals surface area contributed by atoms with Crippen molar-refractivity contribution < 1.29 is 5.11 Å². The molecule has 94 valence electrons. The summed E-state index contributed by atoms with van der Waals surface area (Å²) in [6.45, 7) is 3.92. The third-order valence-electron chi connectivity index (χ3n) is 3.60. The number of hydrogen-bond acceptors (Lipinski definition) is 3. The van der Waals surface area contributed by atoms with Gasteiger partial charge < -0.3 is 5.11 Å². The van der Waals surface area contributed by atoms with E-state index in [0.29, 0.717) is 17.9 Å². The molecule has 0 aromatic carbocycles. The van der Waals surface area contributed by atoms with E-state index in [1.54, 1.807) is 6.92 Å². The van der Waals surface area contributed by atoms with Crippen molar-refractivity contribution in [3.63, 3.8) is 0 Å². The largest absolute Gasteiger partial charge is 0.494 e. The Hall–Kier alpha value is -1.52. The van der Waals surface area contributed by atoms with Crippen molar-refractivity contribution >= 4 is 0 Å². The van der Waals surface area contributed by atoms with E-state index < -0.39 is 11.2 Å². The summed E-state index contributed by atoms with van der Waals surface area (Å²) < 4.78 is 1.35. The SMILES string of the molecule is CCc1c(O)n(C2CCC(C)C2)c(=O)[nH]c1=O. The van der Waals surface area contributed by atoms with Gasteiger partial charge in [0.1, 0.15) is 0 Å². The summed E-state index contributed by atoms with van der Waals surface area (Å²) in [5.41, 5.74) is -0.676. The lowest BCUT2D eigenvalue weighted by atomic mass is 10.1. The Bertz CT molecular complexity index is 530. The monoisotopic (exact) mass is 238 g/mol. The highest BCUT2D eigenvalue weighted by Crippen LogP contribution is 2.35. The van der Waals surface area contributed by atoms with Gasteiger partial charge in [0.15, 0.2) is 0 Å². The molecular formula is C12H18N2O3. The predicted octanol–water partition coefficient (Wildman–Crippen LogP) is 1.17. The van der Waals surface area contributed by atoms with Gasteiger partial charge in [-0.2, -0.15) is 0 Å². The molecule has 1 saturated carbocycles. The molecule has 0 bridgehead atoms. The molecule has 17 heavy (non-hydrogen) atoms. The molecule has 1 heterocycles. The Balaban J connectivity index is 2.54. The Labute approximate surface area is 99.1 Å². The Morgan fingerprint density at radius 3 is 2.65 bits per heavy atom. The Morgan fingerprint density at radius 1 is 1.41 bits per heavy atom. The van der Waals surface area contributed by atoms with Gasteiger partial charge in [0.05, 0.1) is 5.56 Å². The van der Waals surface area contributed by atoms with Crippen molar-refractivity contribution in [2.45, 2.75) is 45.6 Å². The van der Waals surface area contributed by atoms with Gasteiger partial charge in [-0.1, -0.05) is 13.8 Å².